The number of fused-ring (bicyclic) bond motifs is 1. The summed E-state index contributed by atoms with van der Waals surface area (Å²) >= 11 is 6.23. The minimum absolute atomic E-state index is 0.699. The van der Waals surface area contributed by atoms with Crippen LogP contribution in [0.2, 0.25) is 5.02 Å². The van der Waals surface area contributed by atoms with Gasteiger partial charge in [-0.2, -0.15) is 0 Å². The van der Waals surface area contributed by atoms with E-state index in [1.165, 1.54) is 5.56 Å². The Morgan fingerprint density at radius 3 is 2.60 bits per heavy atom. The summed E-state index contributed by atoms with van der Waals surface area (Å²) in [5.74, 6) is 1.54. The maximum Gasteiger partial charge on any atom is 0.131 e. The van der Waals surface area contributed by atoms with Crippen molar-refractivity contribution in [1.82, 2.24) is 4.98 Å². The van der Waals surface area contributed by atoms with Crippen LogP contribution in [0.4, 0.5) is 0 Å². The molecule has 1 heterocycles. The molecule has 0 spiro atoms. The number of aromatic nitrogens is 1. The molecular formula is C20H23ClN2O2. The molecule has 0 unspecified atom stereocenters. The highest BCUT2D eigenvalue weighted by atomic mass is 35.5. The largest absolute Gasteiger partial charge is 0.497 e. The molecule has 25 heavy (non-hydrogen) atoms. The van der Waals surface area contributed by atoms with Crippen molar-refractivity contribution in [1.29, 1.82) is 0 Å². The van der Waals surface area contributed by atoms with Crippen LogP contribution in [-0.2, 0) is 6.42 Å². The standard InChI is InChI=1S/C20H23ClN2O2/c1-24-14-7-8-16(19(12-14)25-2)20-15(5-3-4-10-22)17-11-13(21)6-9-18(17)23-20/h6-9,11-12,23H,3-5,10,22H2,1-2H3. The molecule has 1 aromatic heterocycles. The van der Waals surface area contributed by atoms with Gasteiger partial charge in [0, 0.05) is 27.6 Å². The lowest BCUT2D eigenvalue weighted by molar-refractivity contribution is 0.395. The third-order valence-electron chi connectivity index (χ3n) is 4.43. The van der Waals surface area contributed by atoms with Gasteiger partial charge in [0.1, 0.15) is 11.5 Å². The monoisotopic (exact) mass is 358 g/mol. The van der Waals surface area contributed by atoms with Crippen molar-refractivity contribution in [2.24, 2.45) is 5.73 Å². The lowest BCUT2D eigenvalue weighted by Gasteiger charge is -2.11. The normalized spacial score (nSPS) is 11.0. The van der Waals surface area contributed by atoms with Crippen molar-refractivity contribution in [2.75, 3.05) is 20.8 Å². The molecule has 0 amide bonds. The second-order valence-corrected chi connectivity index (χ2v) is 6.42. The van der Waals surface area contributed by atoms with Gasteiger partial charge in [-0.3, -0.25) is 0 Å². The Labute approximate surface area is 152 Å². The molecule has 0 radical (unpaired) electrons. The number of hydrogen-bond acceptors (Lipinski definition) is 3. The van der Waals surface area contributed by atoms with Gasteiger partial charge in [-0.25, -0.2) is 0 Å². The second kappa shape index (κ2) is 7.81. The summed E-state index contributed by atoms with van der Waals surface area (Å²) in [7, 11) is 3.32. The van der Waals surface area contributed by atoms with Gasteiger partial charge in [-0.1, -0.05) is 11.6 Å². The quantitative estimate of drug-likeness (QED) is 0.597. The molecular weight excluding hydrogens is 336 g/mol. The zero-order valence-corrected chi connectivity index (χ0v) is 15.3. The summed E-state index contributed by atoms with van der Waals surface area (Å²) < 4.78 is 10.9. The van der Waals surface area contributed by atoms with Crippen LogP contribution in [0, 0.1) is 0 Å². The Morgan fingerprint density at radius 2 is 1.88 bits per heavy atom. The van der Waals surface area contributed by atoms with Gasteiger partial charge < -0.3 is 20.2 Å². The first kappa shape index (κ1) is 17.6. The summed E-state index contributed by atoms with van der Waals surface area (Å²) in [6, 6.07) is 11.8. The number of aryl methyl sites for hydroxylation is 1. The highest BCUT2D eigenvalue weighted by molar-refractivity contribution is 6.31. The van der Waals surface area contributed by atoms with E-state index in [0.717, 1.165) is 57.9 Å². The number of nitrogens with one attached hydrogen (secondary N) is 1. The Hall–Kier alpha value is -2.17. The van der Waals surface area contributed by atoms with E-state index in [4.69, 9.17) is 26.8 Å². The van der Waals surface area contributed by atoms with Crippen LogP contribution < -0.4 is 15.2 Å². The van der Waals surface area contributed by atoms with Crippen LogP contribution >= 0.6 is 11.6 Å². The number of aromatic amines is 1. The number of halogens is 1. The lowest BCUT2D eigenvalue weighted by atomic mass is 9.99. The number of rotatable bonds is 7. The van der Waals surface area contributed by atoms with E-state index < -0.39 is 0 Å². The molecule has 0 aliphatic rings. The first-order chi connectivity index (χ1) is 12.2. The third-order valence-corrected chi connectivity index (χ3v) is 4.66. The number of ether oxygens (including phenoxy) is 2. The van der Waals surface area contributed by atoms with Gasteiger partial charge in [-0.15, -0.1) is 0 Å². The predicted molar refractivity (Wildman–Crippen MR) is 104 cm³/mol. The maximum atomic E-state index is 6.23. The van der Waals surface area contributed by atoms with Gasteiger partial charge >= 0.3 is 0 Å². The Morgan fingerprint density at radius 1 is 1.04 bits per heavy atom. The smallest absolute Gasteiger partial charge is 0.131 e. The van der Waals surface area contributed by atoms with Crippen LogP contribution in [0.1, 0.15) is 18.4 Å². The molecule has 132 valence electrons. The SMILES string of the molecule is COc1ccc(-c2[nH]c3ccc(Cl)cc3c2CCCCN)c(OC)c1. The van der Waals surface area contributed by atoms with Crippen LogP contribution in [0.5, 0.6) is 11.5 Å². The van der Waals surface area contributed by atoms with Gasteiger partial charge in [0.15, 0.2) is 0 Å². The highest BCUT2D eigenvalue weighted by Gasteiger charge is 2.17. The Bertz CT molecular complexity index is 874. The van der Waals surface area contributed by atoms with Crippen molar-refractivity contribution in [3.63, 3.8) is 0 Å². The minimum atomic E-state index is 0.699. The first-order valence-corrected chi connectivity index (χ1v) is 8.78. The number of benzene rings is 2. The number of nitrogens with two attached hydrogens (primary N) is 1. The molecule has 3 aromatic rings. The van der Waals surface area contributed by atoms with Gasteiger partial charge in [0.25, 0.3) is 0 Å². The van der Waals surface area contributed by atoms with Crippen molar-refractivity contribution in [2.45, 2.75) is 19.3 Å². The molecule has 2 aromatic carbocycles. The van der Waals surface area contributed by atoms with E-state index in [1.54, 1.807) is 14.2 Å². The Kier molecular flexibility index (Phi) is 5.51. The molecule has 0 bridgehead atoms. The zero-order valence-electron chi connectivity index (χ0n) is 14.6. The van der Waals surface area contributed by atoms with Crippen molar-refractivity contribution in [3.05, 3.63) is 47.0 Å². The van der Waals surface area contributed by atoms with Crippen LogP contribution in [0.15, 0.2) is 36.4 Å². The lowest BCUT2D eigenvalue weighted by Crippen LogP contribution is -1.99. The Balaban J connectivity index is 2.16. The number of methoxy groups -OCH3 is 2. The van der Waals surface area contributed by atoms with E-state index in [2.05, 4.69) is 4.98 Å². The fourth-order valence-electron chi connectivity index (χ4n) is 3.16. The van der Waals surface area contributed by atoms with E-state index in [9.17, 15) is 0 Å². The zero-order chi connectivity index (χ0) is 17.8. The van der Waals surface area contributed by atoms with Crippen molar-refractivity contribution in [3.8, 4) is 22.8 Å². The van der Waals surface area contributed by atoms with Gasteiger partial charge in [0.2, 0.25) is 0 Å². The average Bonchev–Trinajstić information content (AvgIpc) is 2.99. The fourth-order valence-corrected chi connectivity index (χ4v) is 3.33. The summed E-state index contributed by atoms with van der Waals surface area (Å²) in [5, 5.41) is 1.89. The summed E-state index contributed by atoms with van der Waals surface area (Å²) in [6.45, 7) is 0.699. The first-order valence-electron chi connectivity index (χ1n) is 8.40. The molecule has 0 aliphatic heterocycles. The second-order valence-electron chi connectivity index (χ2n) is 5.98. The molecule has 3 rings (SSSR count). The minimum Gasteiger partial charge on any atom is -0.497 e. The topological polar surface area (TPSA) is 60.3 Å². The molecule has 0 saturated heterocycles. The molecule has 3 N–H and O–H groups in total. The molecule has 4 nitrogen and oxygen atoms in total. The van der Waals surface area contributed by atoms with Gasteiger partial charge in [0.05, 0.1) is 19.9 Å². The fraction of sp³-hybridized carbons (Fsp3) is 0.300. The van der Waals surface area contributed by atoms with E-state index in [-0.39, 0.29) is 0 Å². The summed E-state index contributed by atoms with van der Waals surface area (Å²) in [4.78, 5) is 3.54. The molecule has 0 fully saturated rings. The van der Waals surface area contributed by atoms with E-state index >= 15 is 0 Å². The molecule has 0 atom stereocenters. The predicted octanol–water partition coefficient (Wildman–Crippen LogP) is 4.79. The van der Waals surface area contributed by atoms with Crippen molar-refractivity contribution >= 4 is 22.5 Å². The number of H-pyrrole nitrogens is 1. The summed E-state index contributed by atoms with van der Waals surface area (Å²) in [5.41, 5.74) is 10.1. The average molecular weight is 359 g/mol. The van der Waals surface area contributed by atoms with Crippen LogP contribution in [0.25, 0.3) is 22.2 Å². The highest BCUT2D eigenvalue weighted by Crippen LogP contribution is 2.38. The van der Waals surface area contributed by atoms with E-state index in [0.29, 0.717) is 6.54 Å². The van der Waals surface area contributed by atoms with Gasteiger partial charge in [-0.05, 0) is 61.7 Å². The molecule has 5 heteroatoms. The van der Waals surface area contributed by atoms with Crippen molar-refractivity contribution < 1.29 is 9.47 Å². The molecule has 0 saturated carbocycles. The number of unbranched alkanes of at least 4 members (excludes halogenated alkanes) is 1. The number of hydrogen-bond donors (Lipinski definition) is 2. The molecule has 0 aliphatic carbocycles. The van der Waals surface area contributed by atoms with Crippen LogP contribution in [0.3, 0.4) is 0 Å². The summed E-state index contributed by atoms with van der Waals surface area (Å²) in [6.07, 6.45) is 2.95. The van der Waals surface area contributed by atoms with E-state index in [1.807, 2.05) is 36.4 Å². The maximum absolute atomic E-state index is 6.23. The van der Waals surface area contributed by atoms with Crippen LogP contribution in [-0.4, -0.2) is 25.7 Å². The third kappa shape index (κ3) is 3.60.